The summed E-state index contributed by atoms with van der Waals surface area (Å²) in [6.07, 6.45) is 1.67. The third-order valence-corrected chi connectivity index (χ3v) is 1.84. The number of aromatic nitrogens is 1. The van der Waals surface area contributed by atoms with Gasteiger partial charge in [-0.25, -0.2) is 0 Å². The van der Waals surface area contributed by atoms with Crippen LogP contribution in [-0.4, -0.2) is 27.6 Å². The molecule has 0 aliphatic heterocycles. The molecule has 7 heteroatoms. The largest absolute Gasteiger partial charge is 0.506 e. The molecule has 1 rings (SSSR count). The van der Waals surface area contributed by atoms with Gasteiger partial charge in [-0.1, -0.05) is 0 Å². The van der Waals surface area contributed by atoms with Crippen molar-refractivity contribution in [3.8, 4) is 5.75 Å². The van der Waals surface area contributed by atoms with E-state index in [-0.39, 0.29) is 24.3 Å². The monoisotopic (exact) mass is 226 g/mol. The molecule has 1 aromatic rings. The van der Waals surface area contributed by atoms with E-state index < -0.39 is 16.6 Å². The van der Waals surface area contributed by atoms with E-state index in [0.717, 1.165) is 12.4 Å². The number of carbonyl (C=O) groups is 1. The van der Waals surface area contributed by atoms with Crippen LogP contribution in [-0.2, 0) is 16.0 Å². The summed E-state index contributed by atoms with van der Waals surface area (Å²) >= 11 is 0. The fraction of sp³-hybridized carbons (Fsp3) is 0.333. The van der Waals surface area contributed by atoms with E-state index in [1.165, 1.54) is 0 Å². The minimum atomic E-state index is -0.707. The molecule has 0 fully saturated rings. The number of ether oxygens (including phenoxy) is 1. The zero-order valence-electron chi connectivity index (χ0n) is 8.54. The molecule has 0 aromatic carbocycles. The van der Waals surface area contributed by atoms with Crippen molar-refractivity contribution in [2.45, 2.75) is 13.3 Å². The van der Waals surface area contributed by atoms with E-state index in [1.807, 2.05) is 0 Å². The van der Waals surface area contributed by atoms with Gasteiger partial charge in [0.1, 0.15) is 11.9 Å². The summed E-state index contributed by atoms with van der Waals surface area (Å²) in [6.45, 7) is 1.80. The summed E-state index contributed by atoms with van der Waals surface area (Å²) in [5.41, 5.74) is -0.480. The summed E-state index contributed by atoms with van der Waals surface area (Å²) < 4.78 is 4.64. The molecule has 1 N–H and O–H groups in total. The Morgan fingerprint density at radius 2 is 2.31 bits per heavy atom. The third-order valence-electron chi connectivity index (χ3n) is 1.84. The highest BCUT2D eigenvalue weighted by molar-refractivity contribution is 5.75. The van der Waals surface area contributed by atoms with E-state index in [9.17, 15) is 20.0 Å². The van der Waals surface area contributed by atoms with Gasteiger partial charge in [-0.3, -0.25) is 19.9 Å². The molecule has 16 heavy (non-hydrogen) atoms. The lowest BCUT2D eigenvalue weighted by Crippen LogP contribution is -2.09. The summed E-state index contributed by atoms with van der Waals surface area (Å²) in [5.74, 6) is -1.02. The van der Waals surface area contributed by atoms with E-state index in [4.69, 9.17) is 0 Å². The van der Waals surface area contributed by atoms with Crippen LogP contribution in [0.4, 0.5) is 5.69 Å². The lowest BCUT2D eigenvalue weighted by molar-refractivity contribution is -0.385. The maximum Gasteiger partial charge on any atom is 0.310 e. The van der Waals surface area contributed by atoms with Crippen molar-refractivity contribution >= 4 is 11.7 Å². The zero-order chi connectivity index (χ0) is 12.1. The van der Waals surface area contributed by atoms with Gasteiger partial charge in [-0.2, -0.15) is 0 Å². The van der Waals surface area contributed by atoms with Crippen LogP contribution in [0.5, 0.6) is 5.75 Å². The average Bonchev–Trinajstić information content (AvgIpc) is 2.21. The van der Waals surface area contributed by atoms with Crippen molar-refractivity contribution in [1.82, 2.24) is 4.98 Å². The third kappa shape index (κ3) is 2.66. The first-order valence-corrected chi connectivity index (χ1v) is 4.52. The van der Waals surface area contributed by atoms with Crippen molar-refractivity contribution < 1.29 is 19.6 Å². The maximum absolute atomic E-state index is 11.2. The Hall–Kier alpha value is -2.18. The molecular weight excluding hydrogens is 216 g/mol. The summed E-state index contributed by atoms with van der Waals surface area (Å²) in [4.78, 5) is 24.5. The smallest absolute Gasteiger partial charge is 0.310 e. The van der Waals surface area contributed by atoms with Crippen LogP contribution in [0.15, 0.2) is 12.4 Å². The number of hydrogen-bond donors (Lipinski definition) is 1. The quantitative estimate of drug-likeness (QED) is 0.462. The van der Waals surface area contributed by atoms with Gasteiger partial charge in [-0.05, 0) is 6.92 Å². The number of pyridine rings is 1. The molecule has 0 saturated heterocycles. The van der Waals surface area contributed by atoms with Gasteiger partial charge in [0.15, 0.2) is 0 Å². The number of carbonyl (C=O) groups excluding carboxylic acids is 1. The SMILES string of the molecule is CCOC(=O)Cc1c(O)cncc1[N+](=O)[O-]. The molecule has 0 atom stereocenters. The molecule has 0 aliphatic rings. The number of rotatable bonds is 4. The van der Waals surface area contributed by atoms with Gasteiger partial charge in [-0.15, -0.1) is 0 Å². The Morgan fingerprint density at radius 3 is 2.88 bits per heavy atom. The van der Waals surface area contributed by atoms with Crippen molar-refractivity contribution in [3.63, 3.8) is 0 Å². The molecule has 0 bridgehead atoms. The Balaban J connectivity index is 3.01. The fourth-order valence-electron chi connectivity index (χ4n) is 1.16. The molecule has 1 heterocycles. The van der Waals surface area contributed by atoms with Crippen LogP contribution < -0.4 is 0 Å². The molecule has 0 amide bonds. The normalized spacial score (nSPS) is 9.81. The van der Waals surface area contributed by atoms with Crippen LogP contribution in [0.25, 0.3) is 0 Å². The highest BCUT2D eigenvalue weighted by Gasteiger charge is 2.21. The first-order valence-electron chi connectivity index (χ1n) is 4.52. The summed E-state index contributed by atoms with van der Waals surface area (Å²) in [6, 6.07) is 0. The van der Waals surface area contributed by atoms with E-state index in [2.05, 4.69) is 9.72 Å². The molecule has 1 aromatic heterocycles. The predicted molar refractivity (Wildman–Crippen MR) is 52.9 cm³/mol. The highest BCUT2D eigenvalue weighted by atomic mass is 16.6. The molecule has 86 valence electrons. The number of hydrogen-bond acceptors (Lipinski definition) is 6. The summed E-state index contributed by atoms with van der Waals surface area (Å²) in [7, 11) is 0. The van der Waals surface area contributed by atoms with Gasteiger partial charge in [0.2, 0.25) is 0 Å². The lowest BCUT2D eigenvalue weighted by Gasteiger charge is -2.04. The highest BCUT2D eigenvalue weighted by Crippen LogP contribution is 2.26. The molecule has 0 unspecified atom stereocenters. The average molecular weight is 226 g/mol. The zero-order valence-corrected chi connectivity index (χ0v) is 8.54. The Labute approximate surface area is 90.8 Å². The topological polar surface area (TPSA) is 103 Å². The van der Waals surface area contributed by atoms with Gasteiger partial charge >= 0.3 is 5.97 Å². The van der Waals surface area contributed by atoms with Crippen molar-refractivity contribution in [1.29, 1.82) is 0 Å². The van der Waals surface area contributed by atoms with Crippen molar-refractivity contribution in [2.75, 3.05) is 6.61 Å². The number of aromatic hydroxyl groups is 1. The Kier molecular flexibility index (Phi) is 3.76. The molecule has 0 aliphatic carbocycles. The summed E-state index contributed by atoms with van der Waals surface area (Å²) in [5, 5.41) is 20.0. The maximum atomic E-state index is 11.2. The molecule has 0 spiro atoms. The lowest BCUT2D eigenvalue weighted by atomic mass is 10.1. The van der Waals surface area contributed by atoms with Gasteiger partial charge in [0.25, 0.3) is 5.69 Å². The van der Waals surface area contributed by atoms with Gasteiger partial charge in [0, 0.05) is 0 Å². The van der Waals surface area contributed by atoms with E-state index in [1.54, 1.807) is 6.92 Å². The Bertz CT molecular complexity index is 418. The van der Waals surface area contributed by atoms with Crippen molar-refractivity contribution in [2.24, 2.45) is 0 Å². The van der Waals surface area contributed by atoms with Crippen LogP contribution in [0, 0.1) is 10.1 Å². The second-order valence-electron chi connectivity index (χ2n) is 2.90. The predicted octanol–water partition coefficient (Wildman–Crippen LogP) is 0.801. The van der Waals surface area contributed by atoms with E-state index >= 15 is 0 Å². The minimum absolute atomic E-state index is 0.0848. The molecule has 0 saturated carbocycles. The second kappa shape index (κ2) is 5.06. The molecule has 0 radical (unpaired) electrons. The minimum Gasteiger partial charge on any atom is -0.506 e. The molecule has 7 nitrogen and oxygen atoms in total. The van der Waals surface area contributed by atoms with Crippen molar-refractivity contribution in [3.05, 3.63) is 28.1 Å². The van der Waals surface area contributed by atoms with Crippen LogP contribution in [0.3, 0.4) is 0 Å². The Morgan fingerprint density at radius 1 is 1.62 bits per heavy atom. The molecular formula is C9H10N2O5. The first-order chi connectivity index (χ1) is 7.56. The van der Waals surface area contributed by atoms with Crippen LogP contribution >= 0.6 is 0 Å². The van der Waals surface area contributed by atoms with E-state index in [0.29, 0.717) is 0 Å². The second-order valence-corrected chi connectivity index (χ2v) is 2.90. The number of nitrogens with zero attached hydrogens (tertiary/aromatic N) is 2. The number of nitro groups is 1. The standard InChI is InChI=1S/C9H10N2O5/c1-2-16-9(13)3-6-7(11(14)15)4-10-5-8(6)12/h4-5,12H,2-3H2,1H3. The van der Waals surface area contributed by atoms with Gasteiger partial charge in [0.05, 0.1) is 29.7 Å². The van der Waals surface area contributed by atoms with Crippen LogP contribution in [0.2, 0.25) is 0 Å². The number of esters is 1. The first kappa shape index (κ1) is 11.9. The fourth-order valence-corrected chi connectivity index (χ4v) is 1.16. The van der Waals surface area contributed by atoms with Crippen LogP contribution in [0.1, 0.15) is 12.5 Å². The van der Waals surface area contributed by atoms with Gasteiger partial charge < -0.3 is 9.84 Å².